The van der Waals surface area contributed by atoms with Crippen molar-refractivity contribution in [3.8, 4) is 5.97 Å². The van der Waals surface area contributed by atoms with E-state index < -0.39 is 0 Å². The molecule has 0 aromatic carbocycles. The third-order valence-corrected chi connectivity index (χ3v) is 5.08. The van der Waals surface area contributed by atoms with Gasteiger partial charge in [0.1, 0.15) is 5.69 Å². The van der Waals surface area contributed by atoms with Crippen molar-refractivity contribution >= 4 is 51.6 Å². The molecular weight excluding hydrogens is 389 g/mol. The van der Waals surface area contributed by atoms with Gasteiger partial charge < -0.3 is 10.2 Å². The van der Waals surface area contributed by atoms with Gasteiger partial charge in [0.15, 0.2) is 10.2 Å². The molecule has 0 atom stereocenters. The van der Waals surface area contributed by atoms with Gasteiger partial charge in [0.05, 0.1) is 17.6 Å². The zero-order valence-electron chi connectivity index (χ0n) is 13.3. The molecule has 24 heavy (non-hydrogen) atoms. The number of halogens is 1. The number of thiazole rings is 1. The molecule has 0 spiro atoms. The Bertz CT molecular complexity index is 712. The van der Waals surface area contributed by atoms with Gasteiger partial charge in [-0.15, -0.1) is 11.3 Å². The van der Waals surface area contributed by atoms with Crippen LogP contribution in [0, 0.1) is 11.2 Å². The predicted octanol–water partition coefficient (Wildman–Crippen LogP) is 3.22. The Morgan fingerprint density at radius 2 is 2.25 bits per heavy atom. The summed E-state index contributed by atoms with van der Waals surface area (Å²) >= 11 is 4.52. The molecule has 0 radical (unpaired) electrons. The first-order valence-electron chi connectivity index (χ1n) is 7.50. The number of nitriles is 1. The summed E-state index contributed by atoms with van der Waals surface area (Å²) in [6.45, 7) is 2.14. The molecule has 3 heterocycles. The monoisotopic (exact) mass is 405 g/mol. The van der Waals surface area contributed by atoms with Crippen LogP contribution in [-0.4, -0.2) is 43.1 Å². The molecule has 1 aliphatic rings. The van der Waals surface area contributed by atoms with Crippen molar-refractivity contribution in [2.24, 2.45) is 0 Å². The van der Waals surface area contributed by atoms with Gasteiger partial charge >= 0.3 is 0 Å². The van der Waals surface area contributed by atoms with Crippen LogP contribution < -0.4 is 10.2 Å². The van der Waals surface area contributed by atoms with Crippen molar-refractivity contribution in [2.75, 3.05) is 30.4 Å². The molecule has 0 unspecified atom stereocenters. The van der Waals surface area contributed by atoms with E-state index in [0.717, 1.165) is 41.6 Å². The van der Waals surface area contributed by atoms with E-state index in [1.54, 1.807) is 5.38 Å². The average Bonchev–Trinajstić information content (AvgIpc) is 3.08. The molecule has 6 nitrogen and oxygen atoms in total. The van der Waals surface area contributed by atoms with E-state index in [4.69, 9.17) is 5.26 Å². The second-order valence-electron chi connectivity index (χ2n) is 5.18. The highest BCUT2D eigenvalue weighted by atomic mass is 79.9. The largest absolute Gasteiger partial charge is 0.385 e. The summed E-state index contributed by atoms with van der Waals surface area (Å²) in [5.41, 5.74) is 2.73. The maximum atomic E-state index is 9.94. The molecule has 0 aliphatic carbocycles. The van der Waals surface area contributed by atoms with E-state index in [0.29, 0.717) is 5.69 Å². The number of aldehydes is 1. The van der Waals surface area contributed by atoms with Gasteiger partial charge in [0.2, 0.25) is 0 Å². The Balaban J connectivity index is 0.000000219. The van der Waals surface area contributed by atoms with Crippen LogP contribution in [0.3, 0.4) is 0 Å². The van der Waals surface area contributed by atoms with Crippen LogP contribution in [0.1, 0.15) is 10.5 Å². The van der Waals surface area contributed by atoms with Crippen LogP contribution in [0.25, 0.3) is 0 Å². The SMILES string of the molecule is CNc1cnccc1N1CCB(C#N)CC1.O=Cc1csc(Br)n1. The molecule has 2 aromatic rings. The van der Waals surface area contributed by atoms with Crippen LogP contribution in [0.4, 0.5) is 11.4 Å². The standard InChI is InChI=1S/C11H15BN4.C4H2BrNOS/c1-14-10-8-15-5-2-11(10)16-6-3-12(9-13)4-7-16;5-4-6-3(1-7)2-8-4/h2,5,8,14H,3-4,6-7H2,1H3;1-2H. The molecule has 3 rings (SSSR count). The first kappa shape index (κ1) is 18.4. The average molecular weight is 406 g/mol. The summed E-state index contributed by atoms with van der Waals surface area (Å²) in [5, 5.41) is 13.7. The maximum absolute atomic E-state index is 9.94. The van der Waals surface area contributed by atoms with Crippen LogP contribution in [0.2, 0.25) is 12.6 Å². The number of carbonyl (C=O) groups is 1. The van der Waals surface area contributed by atoms with Crippen molar-refractivity contribution in [3.05, 3.63) is 33.5 Å². The van der Waals surface area contributed by atoms with Crippen LogP contribution in [0.5, 0.6) is 0 Å². The number of rotatable bonds is 3. The van der Waals surface area contributed by atoms with Gasteiger partial charge in [-0.3, -0.25) is 9.78 Å². The molecule has 0 amide bonds. The second-order valence-corrected chi connectivity index (χ2v) is 7.31. The Kier molecular flexibility index (Phi) is 7.21. The zero-order chi connectivity index (χ0) is 17.4. The Morgan fingerprint density at radius 1 is 1.50 bits per heavy atom. The lowest BCUT2D eigenvalue weighted by Gasteiger charge is -2.31. The topological polar surface area (TPSA) is 81.9 Å². The molecular formula is C15H17BBrN5OS. The lowest BCUT2D eigenvalue weighted by atomic mass is 9.45. The van der Waals surface area contributed by atoms with Crippen molar-refractivity contribution in [2.45, 2.75) is 12.6 Å². The van der Waals surface area contributed by atoms with Crippen molar-refractivity contribution in [3.63, 3.8) is 0 Å². The third kappa shape index (κ3) is 5.04. The number of hydrogen-bond donors (Lipinski definition) is 1. The number of pyridine rings is 1. The lowest BCUT2D eigenvalue weighted by Crippen LogP contribution is -2.36. The van der Waals surface area contributed by atoms with E-state index in [2.05, 4.69) is 42.1 Å². The van der Waals surface area contributed by atoms with Crippen molar-refractivity contribution in [1.29, 1.82) is 5.26 Å². The Labute approximate surface area is 154 Å². The molecule has 9 heteroatoms. The molecule has 1 fully saturated rings. The van der Waals surface area contributed by atoms with E-state index in [9.17, 15) is 4.79 Å². The van der Waals surface area contributed by atoms with Crippen molar-refractivity contribution < 1.29 is 4.79 Å². The summed E-state index contributed by atoms with van der Waals surface area (Å²) in [6.07, 6.45) is 6.30. The van der Waals surface area contributed by atoms with Gasteiger partial charge in [-0.1, -0.05) is 0 Å². The van der Waals surface area contributed by atoms with E-state index in [1.165, 1.54) is 17.0 Å². The number of carbonyl (C=O) groups excluding carboxylic acids is 1. The minimum atomic E-state index is 0.233. The van der Waals surface area contributed by atoms with Gasteiger partial charge in [0, 0.05) is 37.7 Å². The van der Waals surface area contributed by atoms with Crippen LogP contribution in [0.15, 0.2) is 27.8 Å². The summed E-state index contributed by atoms with van der Waals surface area (Å²) < 4.78 is 0.750. The van der Waals surface area contributed by atoms with Crippen LogP contribution >= 0.6 is 27.3 Å². The van der Waals surface area contributed by atoms with Gasteiger partial charge in [-0.25, -0.2) is 10.2 Å². The van der Waals surface area contributed by atoms with Crippen molar-refractivity contribution in [1.82, 2.24) is 9.97 Å². The first-order valence-corrected chi connectivity index (χ1v) is 9.17. The molecule has 1 aliphatic heterocycles. The zero-order valence-corrected chi connectivity index (χ0v) is 15.7. The van der Waals surface area contributed by atoms with E-state index in [1.807, 2.05) is 25.5 Å². The summed E-state index contributed by atoms with van der Waals surface area (Å²) in [5.74, 6) is 2.35. The van der Waals surface area contributed by atoms with Crippen LogP contribution in [-0.2, 0) is 0 Å². The third-order valence-electron chi connectivity index (χ3n) is 3.70. The smallest absolute Gasteiger partial charge is 0.271 e. The lowest BCUT2D eigenvalue weighted by molar-refractivity contribution is 0.111. The highest BCUT2D eigenvalue weighted by Gasteiger charge is 2.23. The number of hydrogen-bond acceptors (Lipinski definition) is 7. The van der Waals surface area contributed by atoms with E-state index >= 15 is 0 Å². The highest BCUT2D eigenvalue weighted by molar-refractivity contribution is 9.11. The summed E-state index contributed by atoms with van der Waals surface area (Å²) in [7, 11) is 1.91. The molecule has 124 valence electrons. The quantitative estimate of drug-likeness (QED) is 0.623. The Morgan fingerprint density at radius 3 is 2.75 bits per heavy atom. The fraction of sp³-hybridized carbons (Fsp3) is 0.333. The van der Waals surface area contributed by atoms with E-state index in [-0.39, 0.29) is 6.71 Å². The molecule has 0 bridgehead atoms. The Hall–Kier alpha value is -1.92. The van der Waals surface area contributed by atoms with Gasteiger partial charge in [0.25, 0.3) is 6.71 Å². The fourth-order valence-corrected chi connectivity index (χ4v) is 3.39. The second kappa shape index (κ2) is 9.40. The minimum absolute atomic E-state index is 0.233. The molecule has 2 aromatic heterocycles. The maximum Gasteiger partial charge on any atom is 0.271 e. The number of nitrogens with zero attached hydrogens (tertiary/aromatic N) is 4. The normalized spacial score (nSPS) is 13.5. The highest BCUT2D eigenvalue weighted by Crippen LogP contribution is 2.27. The number of anilines is 2. The molecule has 0 saturated carbocycles. The van der Waals surface area contributed by atoms with Gasteiger partial charge in [-0.2, -0.15) is 0 Å². The minimum Gasteiger partial charge on any atom is -0.385 e. The predicted molar refractivity (Wildman–Crippen MR) is 102 cm³/mol. The van der Waals surface area contributed by atoms with Gasteiger partial charge in [-0.05, 0) is 34.6 Å². The first-order chi connectivity index (χ1) is 11.7. The molecule has 1 saturated heterocycles. The number of aromatic nitrogens is 2. The molecule has 1 N–H and O–H groups in total. The number of nitrogens with one attached hydrogen (secondary N) is 1. The summed E-state index contributed by atoms with van der Waals surface area (Å²) in [6, 6.07) is 2.03. The fourth-order valence-electron chi connectivity index (χ4n) is 2.42. The summed E-state index contributed by atoms with van der Waals surface area (Å²) in [4.78, 5) is 20.2.